The lowest BCUT2D eigenvalue weighted by molar-refractivity contribution is 0.0367. The van der Waals surface area contributed by atoms with Crippen molar-refractivity contribution in [2.75, 3.05) is 26.3 Å². The fourth-order valence-corrected chi connectivity index (χ4v) is 0.911. The summed E-state index contributed by atoms with van der Waals surface area (Å²) in [5.74, 6) is 0. The number of carbonyl (C=O) groups excluding carboxylic acids is 1. The Bertz CT molecular complexity index is 158. The molecule has 0 radical (unpaired) electrons. The maximum Gasteiger partial charge on any atom is 0.710 e. The molecule has 1 heterocycles. The first-order chi connectivity index (χ1) is 5.70. The van der Waals surface area contributed by atoms with Crippen LogP contribution in [0, 0.1) is 0 Å². The van der Waals surface area contributed by atoms with Crippen molar-refractivity contribution in [2.24, 2.45) is 0 Å². The minimum Gasteiger partial charge on any atom is -0.468 e. The van der Waals surface area contributed by atoms with Crippen molar-refractivity contribution in [3.8, 4) is 0 Å². The number of hydrogen-bond donors (Lipinski definition) is 2. The third kappa shape index (κ3) is 2.69. The minimum atomic E-state index is -2.04. The molecule has 0 aromatic rings. The average Bonchev–Trinajstić information content (AvgIpc) is 2.05. The molecule has 0 unspecified atom stereocenters. The average molecular weight is 175 g/mol. The Morgan fingerprint density at radius 2 is 2.00 bits per heavy atom. The molecule has 12 heavy (non-hydrogen) atoms. The molecular formula is C5H10BNO5. The smallest absolute Gasteiger partial charge is 0.468 e. The van der Waals surface area contributed by atoms with Gasteiger partial charge in [0.15, 0.2) is 0 Å². The summed E-state index contributed by atoms with van der Waals surface area (Å²) in [6, 6.07) is 0. The van der Waals surface area contributed by atoms with Gasteiger partial charge >= 0.3 is 13.4 Å². The normalized spacial score (nSPS) is 17.3. The number of morpholine rings is 1. The fourth-order valence-electron chi connectivity index (χ4n) is 0.911. The predicted octanol–water partition coefficient (Wildman–Crippen LogP) is -1.58. The number of carbonyl (C=O) groups is 1. The lowest BCUT2D eigenvalue weighted by Crippen LogP contribution is -2.43. The SMILES string of the molecule is O=C(OB(O)O)N1CCOCC1. The molecule has 6 nitrogen and oxygen atoms in total. The molecule has 0 aliphatic carbocycles. The van der Waals surface area contributed by atoms with Gasteiger partial charge in [-0.05, 0) is 0 Å². The van der Waals surface area contributed by atoms with Crippen LogP contribution in [0.25, 0.3) is 0 Å². The van der Waals surface area contributed by atoms with Gasteiger partial charge in [0.2, 0.25) is 0 Å². The number of rotatable bonds is 1. The number of ether oxygens (including phenoxy) is 1. The predicted molar refractivity (Wildman–Crippen MR) is 39.1 cm³/mol. The van der Waals surface area contributed by atoms with E-state index in [2.05, 4.69) is 4.65 Å². The van der Waals surface area contributed by atoms with Crippen molar-refractivity contribution in [1.29, 1.82) is 0 Å². The molecule has 1 saturated heterocycles. The van der Waals surface area contributed by atoms with Gasteiger partial charge in [-0.3, -0.25) is 0 Å². The summed E-state index contributed by atoms with van der Waals surface area (Å²) < 4.78 is 9.11. The summed E-state index contributed by atoms with van der Waals surface area (Å²) in [6.45, 7) is 1.75. The maximum absolute atomic E-state index is 10.9. The van der Waals surface area contributed by atoms with Crippen molar-refractivity contribution in [3.05, 3.63) is 0 Å². The molecular weight excluding hydrogens is 165 g/mol. The Labute approximate surface area is 69.9 Å². The molecule has 0 saturated carbocycles. The highest BCUT2D eigenvalue weighted by atomic mass is 16.7. The van der Waals surface area contributed by atoms with Crippen LogP contribution in [0.2, 0.25) is 0 Å². The van der Waals surface area contributed by atoms with Crippen molar-refractivity contribution >= 4 is 13.4 Å². The first kappa shape index (κ1) is 9.30. The van der Waals surface area contributed by atoms with Crippen molar-refractivity contribution in [2.45, 2.75) is 0 Å². The third-order valence-corrected chi connectivity index (χ3v) is 1.48. The van der Waals surface area contributed by atoms with Crippen molar-refractivity contribution < 1.29 is 24.2 Å². The van der Waals surface area contributed by atoms with Crippen LogP contribution in [0.4, 0.5) is 4.79 Å². The number of amides is 1. The molecule has 1 aliphatic heterocycles. The molecule has 2 N–H and O–H groups in total. The molecule has 0 atom stereocenters. The minimum absolute atomic E-state index is 0.422. The highest BCUT2D eigenvalue weighted by Crippen LogP contribution is 1.99. The van der Waals surface area contributed by atoms with Crippen LogP contribution >= 0.6 is 0 Å². The van der Waals surface area contributed by atoms with Crippen LogP contribution < -0.4 is 0 Å². The van der Waals surface area contributed by atoms with Crippen LogP contribution in [0.3, 0.4) is 0 Å². The van der Waals surface area contributed by atoms with E-state index >= 15 is 0 Å². The summed E-state index contributed by atoms with van der Waals surface area (Å²) in [5.41, 5.74) is 0. The second-order valence-corrected chi connectivity index (χ2v) is 2.31. The number of hydrogen-bond acceptors (Lipinski definition) is 5. The monoisotopic (exact) mass is 175 g/mol. The zero-order valence-corrected chi connectivity index (χ0v) is 6.47. The number of nitrogens with zero attached hydrogens (tertiary/aromatic N) is 1. The van der Waals surface area contributed by atoms with E-state index in [0.717, 1.165) is 0 Å². The lowest BCUT2D eigenvalue weighted by Gasteiger charge is -2.25. The van der Waals surface area contributed by atoms with Gasteiger partial charge in [-0.15, -0.1) is 0 Å². The van der Waals surface area contributed by atoms with Gasteiger partial charge in [0.05, 0.1) is 13.2 Å². The van der Waals surface area contributed by atoms with E-state index in [1.807, 2.05) is 0 Å². The molecule has 1 amide bonds. The zero-order valence-electron chi connectivity index (χ0n) is 6.47. The second-order valence-electron chi connectivity index (χ2n) is 2.31. The third-order valence-electron chi connectivity index (χ3n) is 1.48. The largest absolute Gasteiger partial charge is 0.710 e. The molecule has 0 spiro atoms. The molecule has 0 aromatic heterocycles. The summed E-state index contributed by atoms with van der Waals surface area (Å²) in [6.07, 6.45) is -0.728. The Hall–Kier alpha value is -0.785. The first-order valence-corrected chi connectivity index (χ1v) is 3.59. The van der Waals surface area contributed by atoms with Gasteiger partial charge in [-0.25, -0.2) is 4.79 Å². The van der Waals surface area contributed by atoms with E-state index in [1.165, 1.54) is 4.90 Å². The van der Waals surface area contributed by atoms with Crippen LogP contribution in [0.5, 0.6) is 0 Å². The maximum atomic E-state index is 10.9. The molecule has 1 rings (SSSR count). The molecule has 0 aromatic carbocycles. The van der Waals surface area contributed by atoms with E-state index in [4.69, 9.17) is 14.8 Å². The van der Waals surface area contributed by atoms with Crippen LogP contribution in [0.1, 0.15) is 0 Å². The Kier molecular flexibility index (Phi) is 3.33. The molecule has 1 fully saturated rings. The van der Waals surface area contributed by atoms with Gasteiger partial charge in [-0.1, -0.05) is 0 Å². The topological polar surface area (TPSA) is 79.2 Å². The first-order valence-electron chi connectivity index (χ1n) is 3.59. The highest BCUT2D eigenvalue weighted by Gasteiger charge is 2.23. The fraction of sp³-hybridized carbons (Fsp3) is 0.800. The molecule has 0 bridgehead atoms. The Morgan fingerprint density at radius 1 is 1.42 bits per heavy atom. The highest BCUT2D eigenvalue weighted by molar-refractivity contribution is 6.35. The van der Waals surface area contributed by atoms with Gasteiger partial charge < -0.3 is 24.3 Å². The van der Waals surface area contributed by atoms with Gasteiger partial charge in [0, 0.05) is 13.1 Å². The van der Waals surface area contributed by atoms with E-state index in [-0.39, 0.29) is 0 Å². The van der Waals surface area contributed by atoms with Crippen LogP contribution in [-0.2, 0) is 9.39 Å². The van der Waals surface area contributed by atoms with Gasteiger partial charge in [0.25, 0.3) is 0 Å². The summed E-state index contributed by atoms with van der Waals surface area (Å²) in [5, 5.41) is 16.6. The van der Waals surface area contributed by atoms with E-state index < -0.39 is 13.4 Å². The molecule has 7 heteroatoms. The summed E-state index contributed by atoms with van der Waals surface area (Å²) in [7, 11) is -2.04. The molecule has 68 valence electrons. The van der Waals surface area contributed by atoms with E-state index in [9.17, 15) is 4.79 Å². The van der Waals surface area contributed by atoms with Crippen LogP contribution in [-0.4, -0.2) is 54.7 Å². The van der Waals surface area contributed by atoms with Gasteiger partial charge in [0.1, 0.15) is 0 Å². The summed E-state index contributed by atoms with van der Waals surface area (Å²) >= 11 is 0. The standard InChI is InChI=1S/C5H10BNO5/c8-5(12-6(9)10)7-1-3-11-4-2-7/h9-10H,1-4H2. The lowest BCUT2D eigenvalue weighted by atomic mass is 10.3. The Balaban J connectivity index is 2.30. The Morgan fingerprint density at radius 3 is 2.50 bits per heavy atom. The van der Waals surface area contributed by atoms with Crippen molar-refractivity contribution in [1.82, 2.24) is 4.90 Å². The zero-order chi connectivity index (χ0) is 8.97. The van der Waals surface area contributed by atoms with Crippen LogP contribution in [0.15, 0.2) is 0 Å². The van der Waals surface area contributed by atoms with Crippen molar-refractivity contribution in [3.63, 3.8) is 0 Å². The van der Waals surface area contributed by atoms with Gasteiger partial charge in [-0.2, -0.15) is 0 Å². The summed E-state index contributed by atoms with van der Waals surface area (Å²) in [4.78, 5) is 12.3. The molecule has 1 aliphatic rings. The van der Waals surface area contributed by atoms with E-state index in [1.54, 1.807) is 0 Å². The second kappa shape index (κ2) is 4.29. The quantitative estimate of drug-likeness (QED) is 0.470. The van der Waals surface area contributed by atoms with E-state index in [0.29, 0.717) is 26.3 Å².